The second kappa shape index (κ2) is 7.21. The second-order valence-electron chi connectivity index (χ2n) is 4.01. The highest BCUT2D eigenvalue weighted by atomic mass is 79.9. The third-order valence-corrected chi connectivity index (χ3v) is 6.77. The van der Waals surface area contributed by atoms with Crippen molar-refractivity contribution in [3.05, 3.63) is 14.9 Å². The first-order chi connectivity index (χ1) is 8.36. The van der Waals surface area contributed by atoms with Crippen LogP contribution in [0.25, 0.3) is 0 Å². The van der Waals surface area contributed by atoms with Crippen LogP contribution in [0.2, 0.25) is 5.02 Å². The van der Waals surface area contributed by atoms with Gasteiger partial charge in [-0.1, -0.05) is 18.5 Å². The highest BCUT2D eigenvalue weighted by Gasteiger charge is 2.18. The molecule has 0 radical (unpaired) electrons. The van der Waals surface area contributed by atoms with Crippen molar-refractivity contribution in [3.8, 4) is 0 Å². The number of hydrogen-bond donors (Lipinski definition) is 2. The average molecular weight is 377 g/mol. The molecule has 0 spiro atoms. The SMILES string of the molecule is CC(CO)CCCNS(=O)(=O)c1cc(Cl)c(Br)s1. The van der Waals surface area contributed by atoms with E-state index in [1.807, 2.05) is 6.92 Å². The van der Waals surface area contributed by atoms with E-state index < -0.39 is 10.0 Å². The average Bonchev–Trinajstić information content (AvgIpc) is 2.66. The Kier molecular flexibility index (Phi) is 6.57. The molecule has 0 aliphatic carbocycles. The maximum absolute atomic E-state index is 11.9. The summed E-state index contributed by atoms with van der Waals surface area (Å²) in [4.78, 5) is 0. The minimum Gasteiger partial charge on any atom is -0.396 e. The van der Waals surface area contributed by atoms with Crippen LogP contribution in [0.15, 0.2) is 14.1 Å². The number of rotatable bonds is 7. The molecule has 0 aromatic carbocycles. The number of sulfonamides is 1. The van der Waals surface area contributed by atoms with E-state index >= 15 is 0 Å². The molecule has 104 valence electrons. The molecule has 0 saturated carbocycles. The van der Waals surface area contributed by atoms with Crippen molar-refractivity contribution in [2.75, 3.05) is 13.2 Å². The summed E-state index contributed by atoms with van der Waals surface area (Å²) in [7, 11) is -3.48. The molecule has 0 aliphatic heterocycles. The highest BCUT2D eigenvalue weighted by molar-refractivity contribution is 9.11. The lowest BCUT2D eigenvalue weighted by molar-refractivity contribution is 0.228. The van der Waals surface area contributed by atoms with Gasteiger partial charge in [-0.15, -0.1) is 11.3 Å². The third-order valence-electron chi connectivity index (χ3n) is 2.36. The fraction of sp³-hybridized carbons (Fsp3) is 0.600. The van der Waals surface area contributed by atoms with Crippen LogP contribution in [0.5, 0.6) is 0 Å². The van der Waals surface area contributed by atoms with Gasteiger partial charge in [0.1, 0.15) is 4.21 Å². The smallest absolute Gasteiger partial charge is 0.250 e. The van der Waals surface area contributed by atoms with E-state index in [2.05, 4.69) is 20.7 Å². The first-order valence-corrected chi connectivity index (χ1v) is 8.89. The van der Waals surface area contributed by atoms with Crippen molar-refractivity contribution in [2.24, 2.45) is 5.92 Å². The zero-order chi connectivity index (χ0) is 13.8. The van der Waals surface area contributed by atoms with Gasteiger partial charge in [0, 0.05) is 13.2 Å². The molecule has 0 amide bonds. The molecule has 1 atom stereocenters. The van der Waals surface area contributed by atoms with Crippen molar-refractivity contribution in [2.45, 2.75) is 24.0 Å². The Morgan fingerprint density at radius 1 is 1.61 bits per heavy atom. The van der Waals surface area contributed by atoms with Gasteiger partial charge in [0.25, 0.3) is 0 Å². The van der Waals surface area contributed by atoms with Crippen molar-refractivity contribution in [1.82, 2.24) is 4.72 Å². The monoisotopic (exact) mass is 375 g/mol. The molecule has 0 fully saturated rings. The molecule has 1 unspecified atom stereocenters. The molecule has 0 aliphatic rings. The lowest BCUT2D eigenvalue weighted by atomic mass is 10.1. The van der Waals surface area contributed by atoms with Crippen molar-refractivity contribution in [3.63, 3.8) is 0 Å². The van der Waals surface area contributed by atoms with E-state index in [-0.39, 0.29) is 16.7 Å². The van der Waals surface area contributed by atoms with Gasteiger partial charge in [-0.25, -0.2) is 13.1 Å². The summed E-state index contributed by atoms with van der Waals surface area (Å²) >= 11 is 10.1. The first-order valence-electron chi connectivity index (χ1n) is 5.42. The molecule has 8 heteroatoms. The van der Waals surface area contributed by atoms with Crippen LogP contribution in [-0.2, 0) is 10.0 Å². The summed E-state index contributed by atoms with van der Waals surface area (Å²) in [5, 5.41) is 9.25. The Labute approximate surface area is 125 Å². The summed E-state index contributed by atoms with van der Waals surface area (Å²) in [5.41, 5.74) is 0. The molecule has 1 aromatic rings. The van der Waals surface area contributed by atoms with Crippen molar-refractivity contribution < 1.29 is 13.5 Å². The summed E-state index contributed by atoms with van der Waals surface area (Å²) in [5.74, 6) is 0.194. The van der Waals surface area contributed by atoms with Gasteiger partial charge < -0.3 is 5.11 Å². The molecule has 1 heterocycles. The Hall–Kier alpha value is 0.340. The van der Waals surface area contributed by atoms with Gasteiger partial charge in [-0.2, -0.15) is 0 Å². The maximum atomic E-state index is 11.9. The van der Waals surface area contributed by atoms with E-state index in [0.717, 1.165) is 17.8 Å². The summed E-state index contributed by atoms with van der Waals surface area (Å²) in [6, 6.07) is 1.43. The summed E-state index contributed by atoms with van der Waals surface area (Å²) in [6.45, 7) is 2.41. The Balaban J connectivity index is 2.50. The number of hydrogen-bond acceptors (Lipinski definition) is 4. The molecular formula is C10H15BrClNO3S2. The number of nitrogens with one attached hydrogen (secondary N) is 1. The third kappa shape index (κ3) is 4.79. The highest BCUT2D eigenvalue weighted by Crippen LogP contribution is 2.34. The zero-order valence-corrected chi connectivity index (χ0v) is 13.8. The largest absolute Gasteiger partial charge is 0.396 e. The minimum absolute atomic E-state index is 0.125. The lowest BCUT2D eigenvalue weighted by Gasteiger charge is -2.08. The normalized spacial score (nSPS) is 13.8. The predicted molar refractivity (Wildman–Crippen MR) is 77.7 cm³/mol. The van der Waals surface area contributed by atoms with Gasteiger partial charge in [0.05, 0.1) is 8.81 Å². The van der Waals surface area contributed by atoms with Gasteiger partial charge in [-0.05, 0) is 40.8 Å². The maximum Gasteiger partial charge on any atom is 0.250 e. The van der Waals surface area contributed by atoms with Crippen LogP contribution in [0.4, 0.5) is 0 Å². The second-order valence-corrected chi connectivity index (χ2v) is 8.79. The van der Waals surface area contributed by atoms with Gasteiger partial charge >= 0.3 is 0 Å². The Morgan fingerprint density at radius 2 is 2.28 bits per heavy atom. The predicted octanol–water partition coefficient (Wildman–Crippen LogP) is 2.85. The quantitative estimate of drug-likeness (QED) is 0.719. The van der Waals surface area contributed by atoms with Crippen molar-refractivity contribution in [1.29, 1.82) is 0 Å². The standard InChI is InChI=1S/C10H15BrClNO3S2/c1-7(6-14)3-2-4-13-18(15,16)9-5-8(12)10(11)17-9/h5,7,13-14H,2-4,6H2,1H3. The lowest BCUT2D eigenvalue weighted by Crippen LogP contribution is -2.24. The first kappa shape index (κ1) is 16.4. The fourth-order valence-electron chi connectivity index (χ4n) is 1.28. The molecule has 4 nitrogen and oxygen atoms in total. The van der Waals surface area contributed by atoms with Crippen LogP contribution in [0, 0.1) is 5.92 Å². The molecule has 1 rings (SSSR count). The van der Waals surface area contributed by atoms with Gasteiger partial charge in [0.2, 0.25) is 10.0 Å². The van der Waals surface area contributed by atoms with Crippen LogP contribution < -0.4 is 4.72 Å². The van der Waals surface area contributed by atoms with E-state index in [4.69, 9.17) is 16.7 Å². The Bertz CT molecular complexity index is 470. The number of thiophene rings is 1. The zero-order valence-electron chi connectivity index (χ0n) is 9.82. The summed E-state index contributed by atoms with van der Waals surface area (Å²) < 4.78 is 27.1. The molecule has 0 saturated heterocycles. The number of halogens is 2. The van der Waals surface area contributed by atoms with Crippen LogP contribution in [-0.4, -0.2) is 26.7 Å². The molecular weight excluding hydrogens is 362 g/mol. The van der Waals surface area contributed by atoms with E-state index in [0.29, 0.717) is 21.8 Å². The molecule has 0 bridgehead atoms. The van der Waals surface area contributed by atoms with Crippen LogP contribution in [0.3, 0.4) is 0 Å². The number of aliphatic hydroxyl groups is 1. The molecule has 1 aromatic heterocycles. The minimum atomic E-state index is -3.48. The van der Waals surface area contributed by atoms with Gasteiger partial charge in [0.15, 0.2) is 0 Å². The van der Waals surface area contributed by atoms with E-state index in [1.165, 1.54) is 6.07 Å². The summed E-state index contributed by atoms with van der Waals surface area (Å²) in [6.07, 6.45) is 1.48. The number of aliphatic hydroxyl groups excluding tert-OH is 1. The molecule has 18 heavy (non-hydrogen) atoms. The van der Waals surface area contributed by atoms with E-state index in [1.54, 1.807) is 0 Å². The van der Waals surface area contributed by atoms with Crippen molar-refractivity contribution >= 4 is 48.9 Å². The Morgan fingerprint density at radius 3 is 2.78 bits per heavy atom. The van der Waals surface area contributed by atoms with E-state index in [9.17, 15) is 8.42 Å². The van der Waals surface area contributed by atoms with Crippen LogP contribution >= 0.6 is 38.9 Å². The van der Waals surface area contributed by atoms with Gasteiger partial charge in [-0.3, -0.25) is 0 Å². The topological polar surface area (TPSA) is 66.4 Å². The molecule has 2 N–H and O–H groups in total. The van der Waals surface area contributed by atoms with Crippen LogP contribution in [0.1, 0.15) is 19.8 Å². The fourth-order valence-corrected chi connectivity index (χ4v) is 4.80.